The lowest BCUT2D eigenvalue weighted by Gasteiger charge is -2.37. The van der Waals surface area contributed by atoms with Gasteiger partial charge in [-0.05, 0) is 99.0 Å². The molecule has 0 bridgehead atoms. The zero-order chi connectivity index (χ0) is 40.2. The number of piperidine rings is 2. The Labute approximate surface area is 339 Å². The fourth-order valence-corrected chi connectivity index (χ4v) is 9.01. The van der Waals surface area contributed by atoms with Crippen molar-refractivity contribution in [3.63, 3.8) is 0 Å². The molecule has 0 spiro atoms. The summed E-state index contributed by atoms with van der Waals surface area (Å²) in [5.41, 5.74) is 4.39. The van der Waals surface area contributed by atoms with Gasteiger partial charge in [-0.3, -0.25) is 29.4 Å². The van der Waals surface area contributed by atoms with Crippen LogP contribution in [0.25, 0.3) is 11.0 Å². The number of carbonyl (C=O) groups excluding carboxylic acids is 4. The molecule has 4 aromatic rings. The molecule has 2 N–H and O–H groups in total. The number of benzene rings is 2. The molecule has 4 amide bonds. The van der Waals surface area contributed by atoms with Crippen LogP contribution < -0.4 is 20.3 Å². The Hall–Kier alpha value is -5.50. The highest BCUT2D eigenvalue weighted by Crippen LogP contribution is 2.35. The predicted octanol–water partition coefficient (Wildman–Crippen LogP) is 5.34. The summed E-state index contributed by atoms with van der Waals surface area (Å²) < 4.78 is 8.00. The maximum atomic E-state index is 13.1. The summed E-state index contributed by atoms with van der Waals surface area (Å²) in [6.45, 7) is 6.52. The highest BCUT2D eigenvalue weighted by atomic mass is 16.5. The number of rotatable bonds is 12. The van der Waals surface area contributed by atoms with Crippen LogP contribution in [0.4, 0.5) is 17.3 Å². The summed E-state index contributed by atoms with van der Waals surface area (Å²) in [7, 11) is 3.58. The second-order valence-corrected chi connectivity index (χ2v) is 16.5. The molecule has 5 heterocycles. The predicted molar refractivity (Wildman–Crippen MR) is 222 cm³/mol. The Morgan fingerprint density at radius 1 is 0.914 bits per heavy atom. The maximum Gasteiger partial charge on any atom is 0.270 e. The number of carbonyl (C=O) groups is 4. The summed E-state index contributed by atoms with van der Waals surface area (Å²) in [5.74, 6) is 0.745. The molecule has 8 rings (SSSR count). The number of nitrogens with zero attached hydrogens (tertiary/aromatic N) is 7. The molecule has 3 saturated heterocycles. The molecular weight excluding hydrogens is 735 g/mol. The third kappa shape index (κ3) is 8.96. The van der Waals surface area contributed by atoms with Crippen LogP contribution in [0.3, 0.4) is 0 Å². The number of hydrogen-bond donors (Lipinski definition) is 2. The van der Waals surface area contributed by atoms with Crippen LogP contribution in [-0.4, -0.2) is 119 Å². The van der Waals surface area contributed by atoms with Crippen LogP contribution in [0, 0.1) is 5.92 Å². The van der Waals surface area contributed by atoms with E-state index in [0.717, 1.165) is 113 Å². The standard InChI is InChI=1S/C44H55N9O5/c1-49(2)43(57)38-27-32-28-45-44(48-41(32)53(38)35-7-3-4-8-35)46-33-10-12-34(13-11-33)51-24-22-50(23-25-51)19-16-30-17-20-52(21-18-30)40(55)29-58-36-9-5-6-31(26-36)37-14-15-39(54)47-42(37)56/h5-6,9-13,26-28,30,35,37H,3-4,7-8,14-25,29H2,1-2H3,(H,45,46,48)(H,47,54,56). The minimum Gasteiger partial charge on any atom is -0.484 e. The molecule has 3 aliphatic heterocycles. The molecule has 0 radical (unpaired) electrons. The van der Waals surface area contributed by atoms with Gasteiger partial charge in [-0.2, -0.15) is 4.98 Å². The van der Waals surface area contributed by atoms with E-state index in [-0.39, 0.29) is 42.2 Å². The van der Waals surface area contributed by atoms with Crippen LogP contribution in [0.1, 0.15) is 85.8 Å². The largest absolute Gasteiger partial charge is 0.484 e. The van der Waals surface area contributed by atoms with Crippen molar-refractivity contribution in [1.29, 1.82) is 0 Å². The first-order valence-corrected chi connectivity index (χ1v) is 21.0. The van der Waals surface area contributed by atoms with Gasteiger partial charge in [-0.25, -0.2) is 4.98 Å². The highest BCUT2D eigenvalue weighted by Gasteiger charge is 2.30. The second kappa shape index (κ2) is 17.6. The van der Waals surface area contributed by atoms with Gasteiger partial charge in [0.25, 0.3) is 11.8 Å². The van der Waals surface area contributed by atoms with Crippen LogP contribution in [0.15, 0.2) is 60.8 Å². The average molecular weight is 790 g/mol. The van der Waals surface area contributed by atoms with E-state index in [0.29, 0.717) is 36.2 Å². The minimum absolute atomic E-state index is 0.0133. The van der Waals surface area contributed by atoms with E-state index in [1.165, 1.54) is 5.69 Å². The van der Waals surface area contributed by atoms with E-state index < -0.39 is 0 Å². The third-order valence-electron chi connectivity index (χ3n) is 12.4. The summed E-state index contributed by atoms with van der Waals surface area (Å²) >= 11 is 0. The van der Waals surface area contributed by atoms with Crippen LogP contribution in [0.5, 0.6) is 5.75 Å². The first kappa shape index (κ1) is 39.3. The van der Waals surface area contributed by atoms with Crippen LogP contribution in [-0.2, 0) is 14.4 Å². The van der Waals surface area contributed by atoms with E-state index in [1.807, 2.05) is 29.3 Å². The molecule has 1 unspecified atom stereocenters. The Kier molecular flexibility index (Phi) is 11.9. The molecule has 58 heavy (non-hydrogen) atoms. The summed E-state index contributed by atoms with van der Waals surface area (Å²) in [6.07, 6.45) is 10.2. The van der Waals surface area contributed by atoms with Gasteiger partial charge in [-0.15, -0.1) is 0 Å². The number of aromatic nitrogens is 3. The number of fused-ring (bicyclic) bond motifs is 1. The minimum atomic E-state index is -0.385. The molecule has 2 aromatic carbocycles. The van der Waals surface area contributed by atoms with Crippen molar-refractivity contribution >= 4 is 52.0 Å². The molecule has 2 aromatic heterocycles. The molecular formula is C44H55N9O5. The Balaban J connectivity index is 0.761. The lowest BCUT2D eigenvalue weighted by molar-refractivity contribution is -0.135. The van der Waals surface area contributed by atoms with Gasteiger partial charge >= 0.3 is 0 Å². The van der Waals surface area contributed by atoms with Gasteiger partial charge in [0.2, 0.25) is 17.8 Å². The Morgan fingerprint density at radius 3 is 2.40 bits per heavy atom. The van der Waals surface area contributed by atoms with E-state index in [2.05, 4.69) is 54.2 Å². The first-order valence-electron chi connectivity index (χ1n) is 21.0. The van der Waals surface area contributed by atoms with Crippen molar-refractivity contribution in [2.45, 2.75) is 69.7 Å². The lowest BCUT2D eigenvalue weighted by Crippen LogP contribution is -2.47. The monoisotopic (exact) mass is 789 g/mol. The summed E-state index contributed by atoms with van der Waals surface area (Å²) in [4.78, 5) is 68.0. The molecule has 306 valence electrons. The molecule has 14 nitrogen and oxygen atoms in total. The van der Waals surface area contributed by atoms with Crippen molar-refractivity contribution in [2.24, 2.45) is 5.92 Å². The Morgan fingerprint density at radius 2 is 1.67 bits per heavy atom. The van der Waals surface area contributed by atoms with E-state index >= 15 is 0 Å². The number of anilines is 3. The molecule has 14 heteroatoms. The number of piperazine rings is 1. The fraction of sp³-hybridized carbons (Fsp3) is 0.500. The number of amides is 4. The van der Waals surface area contributed by atoms with Gasteiger partial charge in [-0.1, -0.05) is 25.0 Å². The average Bonchev–Trinajstić information content (AvgIpc) is 3.91. The first-order chi connectivity index (χ1) is 28.2. The normalized spacial score (nSPS) is 19.7. The van der Waals surface area contributed by atoms with Crippen molar-refractivity contribution in [1.82, 2.24) is 34.6 Å². The van der Waals surface area contributed by atoms with Gasteiger partial charge in [0.1, 0.15) is 17.1 Å². The number of likely N-dealkylation sites (tertiary alicyclic amines) is 1. The lowest BCUT2D eigenvalue weighted by atomic mass is 9.90. The third-order valence-corrected chi connectivity index (χ3v) is 12.4. The molecule has 4 aliphatic rings. The van der Waals surface area contributed by atoms with Gasteiger partial charge in [0, 0.05) is 88.8 Å². The van der Waals surface area contributed by atoms with Crippen molar-refractivity contribution < 1.29 is 23.9 Å². The molecule has 4 fully saturated rings. The van der Waals surface area contributed by atoms with Crippen molar-refractivity contribution in [3.8, 4) is 5.75 Å². The van der Waals surface area contributed by atoms with Gasteiger partial charge in [0.05, 0.1) is 5.92 Å². The SMILES string of the molecule is CN(C)C(=O)c1cc2cnc(Nc3ccc(N4CCN(CCC5CCN(C(=O)COc6cccc(C7CCC(=O)NC7=O)c6)CC5)CC4)cc3)nc2n1C1CCCC1. The van der Waals surface area contributed by atoms with Crippen LogP contribution >= 0.6 is 0 Å². The summed E-state index contributed by atoms with van der Waals surface area (Å²) in [6, 6.07) is 18.0. The number of nitrogens with one attached hydrogen (secondary N) is 2. The van der Waals surface area contributed by atoms with Crippen molar-refractivity contribution in [3.05, 3.63) is 72.1 Å². The Bertz CT molecular complexity index is 2110. The molecule has 1 saturated carbocycles. The fourth-order valence-electron chi connectivity index (χ4n) is 9.01. The van der Waals surface area contributed by atoms with Crippen LogP contribution in [0.2, 0.25) is 0 Å². The van der Waals surface area contributed by atoms with E-state index in [4.69, 9.17) is 9.72 Å². The zero-order valence-corrected chi connectivity index (χ0v) is 33.7. The zero-order valence-electron chi connectivity index (χ0n) is 33.7. The second-order valence-electron chi connectivity index (χ2n) is 16.5. The summed E-state index contributed by atoms with van der Waals surface area (Å²) in [5, 5.41) is 6.68. The number of hydrogen-bond acceptors (Lipinski definition) is 10. The topological polar surface area (TPSA) is 145 Å². The smallest absolute Gasteiger partial charge is 0.270 e. The number of imide groups is 1. The highest BCUT2D eigenvalue weighted by molar-refractivity contribution is 6.01. The quantitative estimate of drug-likeness (QED) is 0.181. The van der Waals surface area contributed by atoms with Gasteiger partial charge in [0.15, 0.2) is 6.61 Å². The molecule has 1 aliphatic carbocycles. The van der Waals surface area contributed by atoms with Gasteiger partial charge < -0.3 is 29.3 Å². The van der Waals surface area contributed by atoms with E-state index in [9.17, 15) is 19.2 Å². The van der Waals surface area contributed by atoms with E-state index in [1.54, 1.807) is 31.1 Å². The maximum absolute atomic E-state index is 13.1. The number of ether oxygens (including phenoxy) is 1. The molecule has 1 atom stereocenters. The van der Waals surface area contributed by atoms with Crippen molar-refractivity contribution in [2.75, 3.05) is 76.7 Å².